The first kappa shape index (κ1) is 28.3. The molecule has 4 rings (SSSR count). The molecule has 2 aromatic heterocycles. The second kappa shape index (κ2) is 11.6. The Bertz CT molecular complexity index is 1500. The SMILES string of the molecule is CCC(Nc1ccc(C)nc1C(C)C)c1cc(F)cc2c(=O)n(C)c(N(CC)CCNC3=C[N+](C)=C3C)cc12. The van der Waals surface area contributed by atoms with Crippen LogP contribution in [0, 0.1) is 12.7 Å². The van der Waals surface area contributed by atoms with E-state index in [1.807, 2.05) is 32.2 Å². The molecule has 0 saturated carbocycles. The van der Waals surface area contributed by atoms with Gasteiger partial charge in [-0.1, -0.05) is 20.8 Å². The van der Waals surface area contributed by atoms with Crippen molar-refractivity contribution in [1.29, 1.82) is 0 Å². The number of likely N-dealkylation sites (N-methyl/N-ethyl adjacent to an activating group) is 1. The van der Waals surface area contributed by atoms with E-state index >= 15 is 0 Å². The van der Waals surface area contributed by atoms with Crippen molar-refractivity contribution in [3.05, 3.63) is 75.4 Å². The van der Waals surface area contributed by atoms with Gasteiger partial charge in [0.25, 0.3) is 5.56 Å². The number of benzene rings is 1. The first-order valence-electron chi connectivity index (χ1n) is 13.9. The summed E-state index contributed by atoms with van der Waals surface area (Å²) in [6.45, 7) is 14.7. The second-order valence-corrected chi connectivity index (χ2v) is 10.7. The number of aromatic nitrogens is 2. The number of allylic oxidation sites excluding steroid dienone is 1. The van der Waals surface area contributed by atoms with Crippen molar-refractivity contribution in [2.24, 2.45) is 7.05 Å². The standard InChI is InChI=1S/C31H42FN6O/c1-9-26(35-27-12-11-20(5)34-30(27)19(3)4)24-15-22(32)16-25-23(24)17-29(37(8)31(25)39)38(10-2)14-13-33-28-18-36(7)21(28)6/h11-12,15-19,26,33,35H,9-10,13-14H2,1-8H3/q+1. The number of rotatable bonds is 11. The Morgan fingerprint density at radius 1 is 1.13 bits per heavy atom. The zero-order valence-corrected chi connectivity index (χ0v) is 24.5. The van der Waals surface area contributed by atoms with E-state index in [1.165, 1.54) is 11.8 Å². The van der Waals surface area contributed by atoms with Gasteiger partial charge in [0.1, 0.15) is 18.7 Å². The Labute approximate surface area is 231 Å². The molecular weight excluding hydrogens is 491 g/mol. The molecular formula is C31H42FN6O+. The Morgan fingerprint density at radius 3 is 2.49 bits per heavy atom. The van der Waals surface area contributed by atoms with Gasteiger partial charge in [0, 0.05) is 39.3 Å². The molecule has 39 heavy (non-hydrogen) atoms. The molecule has 0 aliphatic carbocycles. The van der Waals surface area contributed by atoms with Gasteiger partial charge >= 0.3 is 0 Å². The van der Waals surface area contributed by atoms with Gasteiger partial charge in [-0.3, -0.25) is 14.3 Å². The fraction of sp³-hybridized carbons (Fsp3) is 0.452. The Morgan fingerprint density at radius 2 is 1.87 bits per heavy atom. The van der Waals surface area contributed by atoms with Gasteiger partial charge in [0.05, 0.1) is 22.8 Å². The highest BCUT2D eigenvalue weighted by Gasteiger charge is 2.23. The van der Waals surface area contributed by atoms with Gasteiger partial charge in [-0.2, -0.15) is 0 Å². The molecule has 1 unspecified atom stereocenters. The van der Waals surface area contributed by atoms with E-state index in [-0.39, 0.29) is 17.5 Å². The number of aryl methyl sites for hydroxylation is 1. The van der Waals surface area contributed by atoms with Gasteiger partial charge in [-0.15, -0.1) is 0 Å². The van der Waals surface area contributed by atoms with Crippen molar-refractivity contribution in [3.63, 3.8) is 0 Å². The number of pyridine rings is 2. The number of anilines is 2. The molecule has 208 valence electrons. The topological polar surface area (TPSA) is 65.2 Å². The molecule has 2 N–H and O–H groups in total. The highest BCUT2D eigenvalue weighted by atomic mass is 19.1. The zero-order valence-electron chi connectivity index (χ0n) is 24.5. The second-order valence-electron chi connectivity index (χ2n) is 10.7. The first-order valence-corrected chi connectivity index (χ1v) is 13.9. The summed E-state index contributed by atoms with van der Waals surface area (Å²) in [6.07, 6.45) is 2.79. The third-order valence-corrected chi connectivity index (χ3v) is 7.70. The van der Waals surface area contributed by atoms with Gasteiger partial charge in [0.15, 0.2) is 11.9 Å². The third-order valence-electron chi connectivity index (χ3n) is 7.70. The Hall–Kier alpha value is -3.68. The quantitative estimate of drug-likeness (QED) is 0.321. The van der Waals surface area contributed by atoms with Crippen LogP contribution < -0.4 is 21.1 Å². The Balaban J connectivity index is 1.72. The molecule has 0 radical (unpaired) electrons. The summed E-state index contributed by atoms with van der Waals surface area (Å²) < 4.78 is 18.7. The monoisotopic (exact) mass is 533 g/mol. The minimum atomic E-state index is -0.407. The molecule has 7 nitrogen and oxygen atoms in total. The number of hydrogen-bond donors (Lipinski definition) is 2. The smallest absolute Gasteiger partial charge is 0.259 e. The summed E-state index contributed by atoms with van der Waals surface area (Å²) >= 11 is 0. The number of nitrogens with zero attached hydrogens (tertiary/aromatic N) is 4. The molecule has 0 bridgehead atoms. The van der Waals surface area contributed by atoms with Crippen molar-refractivity contribution in [2.75, 3.05) is 36.9 Å². The van der Waals surface area contributed by atoms with Crippen LogP contribution in [0.1, 0.15) is 70.0 Å². The predicted octanol–water partition coefficient (Wildman–Crippen LogP) is 5.44. The molecule has 8 heteroatoms. The molecule has 1 atom stereocenters. The predicted molar refractivity (Wildman–Crippen MR) is 160 cm³/mol. The van der Waals surface area contributed by atoms with Crippen LogP contribution in [0.15, 0.2) is 47.0 Å². The lowest BCUT2D eigenvalue weighted by atomic mass is 9.96. The van der Waals surface area contributed by atoms with Crippen molar-refractivity contribution < 1.29 is 8.97 Å². The normalized spacial score (nSPS) is 13.9. The maximum Gasteiger partial charge on any atom is 0.259 e. The lowest BCUT2D eigenvalue weighted by molar-refractivity contribution is -0.436. The summed E-state index contributed by atoms with van der Waals surface area (Å²) in [4.78, 5) is 20.5. The molecule has 1 aliphatic heterocycles. The van der Waals surface area contributed by atoms with Gasteiger partial charge in [-0.25, -0.2) is 8.97 Å². The molecule has 0 spiro atoms. The van der Waals surface area contributed by atoms with Crippen LogP contribution in [-0.4, -0.2) is 46.5 Å². The maximum absolute atomic E-state index is 15.0. The lowest BCUT2D eigenvalue weighted by Crippen LogP contribution is -2.39. The minimum absolute atomic E-state index is 0.192. The fourth-order valence-corrected chi connectivity index (χ4v) is 5.25. The fourth-order valence-electron chi connectivity index (χ4n) is 5.25. The Kier molecular flexibility index (Phi) is 8.42. The molecule has 1 aromatic carbocycles. The van der Waals surface area contributed by atoms with Crippen LogP contribution in [-0.2, 0) is 7.05 Å². The van der Waals surface area contributed by atoms with Crippen LogP contribution in [0.2, 0.25) is 0 Å². The minimum Gasteiger partial charge on any atom is -0.377 e. The highest BCUT2D eigenvalue weighted by molar-refractivity contribution is 5.96. The van der Waals surface area contributed by atoms with Crippen molar-refractivity contribution in [2.45, 2.75) is 59.9 Å². The number of halogens is 1. The average Bonchev–Trinajstić information content (AvgIpc) is 2.91. The van der Waals surface area contributed by atoms with Gasteiger partial charge in [-0.05, 0) is 67.5 Å². The summed E-state index contributed by atoms with van der Waals surface area (Å²) in [5.74, 6) is 0.646. The van der Waals surface area contributed by atoms with E-state index in [0.29, 0.717) is 5.39 Å². The van der Waals surface area contributed by atoms with Crippen molar-refractivity contribution in [3.8, 4) is 0 Å². The van der Waals surface area contributed by atoms with Crippen LogP contribution in [0.3, 0.4) is 0 Å². The first-order chi connectivity index (χ1) is 18.5. The largest absolute Gasteiger partial charge is 0.377 e. The lowest BCUT2D eigenvalue weighted by Gasteiger charge is -2.28. The number of hydrogen-bond acceptors (Lipinski definition) is 5. The van der Waals surface area contributed by atoms with E-state index < -0.39 is 5.82 Å². The number of fused-ring (bicyclic) bond motifs is 1. The molecule has 3 heterocycles. The summed E-state index contributed by atoms with van der Waals surface area (Å²) in [6, 6.07) is 8.82. The van der Waals surface area contributed by atoms with Crippen LogP contribution in [0.25, 0.3) is 10.8 Å². The van der Waals surface area contributed by atoms with Gasteiger partial charge in [0.2, 0.25) is 5.71 Å². The van der Waals surface area contributed by atoms with E-state index in [4.69, 9.17) is 4.98 Å². The molecule has 0 amide bonds. The zero-order chi connectivity index (χ0) is 28.4. The molecule has 0 fully saturated rings. The van der Waals surface area contributed by atoms with E-state index in [9.17, 15) is 9.18 Å². The summed E-state index contributed by atoms with van der Waals surface area (Å²) in [5, 5.41) is 8.29. The molecule has 3 aromatic rings. The molecule has 0 saturated heterocycles. The van der Waals surface area contributed by atoms with Crippen molar-refractivity contribution in [1.82, 2.24) is 14.9 Å². The number of nitrogens with one attached hydrogen (secondary N) is 2. The molecule has 1 aliphatic rings. The maximum atomic E-state index is 15.0. The van der Waals surface area contributed by atoms with E-state index in [0.717, 1.165) is 65.6 Å². The summed E-state index contributed by atoms with van der Waals surface area (Å²) in [5.41, 5.74) is 5.82. The average molecular weight is 534 g/mol. The van der Waals surface area contributed by atoms with Crippen LogP contribution in [0.4, 0.5) is 15.9 Å². The highest BCUT2D eigenvalue weighted by Crippen LogP contribution is 2.33. The summed E-state index contributed by atoms with van der Waals surface area (Å²) in [7, 11) is 3.79. The van der Waals surface area contributed by atoms with Crippen LogP contribution in [0.5, 0.6) is 0 Å². The van der Waals surface area contributed by atoms with E-state index in [2.05, 4.69) is 60.9 Å². The van der Waals surface area contributed by atoms with E-state index in [1.54, 1.807) is 17.7 Å². The third kappa shape index (κ3) is 5.70. The van der Waals surface area contributed by atoms with Gasteiger partial charge < -0.3 is 15.5 Å². The van der Waals surface area contributed by atoms with Crippen LogP contribution >= 0.6 is 0 Å². The van der Waals surface area contributed by atoms with Crippen molar-refractivity contribution >= 4 is 28.0 Å².